The Morgan fingerprint density at radius 1 is 1.33 bits per heavy atom. The fourth-order valence-electron chi connectivity index (χ4n) is 2.08. The predicted octanol–water partition coefficient (Wildman–Crippen LogP) is 3.85. The van der Waals surface area contributed by atoms with Gasteiger partial charge in [0.25, 0.3) is 0 Å². The van der Waals surface area contributed by atoms with E-state index in [9.17, 15) is 4.79 Å². The van der Waals surface area contributed by atoms with Gasteiger partial charge in [0.15, 0.2) is 0 Å². The second kappa shape index (κ2) is 9.95. The van der Waals surface area contributed by atoms with Crippen molar-refractivity contribution >= 4 is 23.3 Å². The van der Waals surface area contributed by atoms with Crippen LogP contribution in [0, 0.1) is 0 Å². The summed E-state index contributed by atoms with van der Waals surface area (Å²) in [5.41, 5.74) is 1.39. The van der Waals surface area contributed by atoms with Crippen molar-refractivity contribution in [3.63, 3.8) is 0 Å². The van der Waals surface area contributed by atoms with E-state index in [-0.39, 0.29) is 6.03 Å². The molecule has 0 radical (unpaired) electrons. The molecule has 0 saturated heterocycles. The summed E-state index contributed by atoms with van der Waals surface area (Å²) in [5, 5.41) is 10.2. The largest absolute Gasteiger partial charge is 0.381 e. The van der Waals surface area contributed by atoms with Crippen LogP contribution < -0.4 is 10.6 Å². The van der Waals surface area contributed by atoms with Crippen LogP contribution in [0.15, 0.2) is 36.7 Å². The quantitative estimate of drug-likeness (QED) is 0.675. The molecule has 0 atom stereocenters. The molecule has 7 heteroatoms. The number of halogens is 1. The van der Waals surface area contributed by atoms with Gasteiger partial charge in [0.2, 0.25) is 0 Å². The number of nitrogens with one attached hydrogen (secondary N) is 2. The minimum Gasteiger partial charge on any atom is -0.381 e. The molecule has 0 fully saturated rings. The van der Waals surface area contributed by atoms with Crippen molar-refractivity contribution in [1.29, 1.82) is 0 Å². The third kappa shape index (κ3) is 5.86. The van der Waals surface area contributed by atoms with Crippen LogP contribution in [-0.2, 0) is 4.74 Å². The highest BCUT2D eigenvalue weighted by molar-refractivity contribution is 6.32. The Hall–Kier alpha value is -2.05. The number of nitrogens with zero attached hydrogens (tertiary/aromatic N) is 2. The van der Waals surface area contributed by atoms with E-state index in [1.165, 1.54) is 0 Å². The molecule has 0 aliphatic rings. The van der Waals surface area contributed by atoms with E-state index in [4.69, 9.17) is 16.3 Å². The molecule has 0 spiro atoms. The SMILES string of the molecule is CCCCOCCCNC(=O)Nc1ccc(-n2cccn2)c(Cl)c1. The molecule has 1 aromatic carbocycles. The first-order chi connectivity index (χ1) is 11.7. The van der Waals surface area contributed by atoms with E-state index in [2.05, 4.69) is 22.7 Å². The summed E-state index contributed by atoms with van der Waals surface area (Å²) in [4.78, 5) is 11.8. The third-order valence-corrected chi connectivity index (χ3v) is 3.65. The summed E-state index contributed by atoms with van der Waals surface area (Å²) in [6.45, 7) is 4.13. The molecule has 130 valence electrons. The minimum atomic E-state index is -0.258. The number of hydrogen-bond acceptors (Lipinski definition) is 3. The van der Waals surface area contributed by atoms with Crippen LogP contribution in [0.2, 0.25) is 5.02 Å². The number of unbranched alkanes of at least 4 members (excludes halogenated alkanes) is 1. The average molecular weight is 351 g/mol. The summed E-state index contributed by atoms with van der Waals surface area (Å²) in [7, 11) is 0. The lowest BCUT2D eigenvalue weighted by Gasteiger charge is -2.10. The van der Waals surface area contributed by atoms with Crippen LogP contribution in [0.1, 0.15) is 26.2 Å². The van der Waals surface area contributed by atoms with Gasteiger partial charge in [-0.2, -0.15) is 5.10 Å². The summed E-state index contributed by atoms with van der Waals surface area (Å²) < 4.78 is 7.11. The Morgan fingerprint density at radius 3 is 2.88 bits per heavy atom. The number of urea groups is 1. The lowest BCUT2D eigenvalue weighted by Crippen LogP contribution is -2.30. The summed E-state index contributed by atoms with van der Waals surface area (Å²) in [6, 6.07) is 6.86. The first kappa shape index (κ1) is 18.3. The first-order valence-electron chi connectivity index (χ1n) is 8.13. The number of anilines is 1. The molecule has 0 aliphatic carbocycles. The van der Waals surface area contributed by atoms with Gasteiger partial charge in [-0.1, -0.05) is 24.9 Å². The fraction of sp³-hybridized carbons (Fsp3) is 0.412. The highest BCUT2D eigenvalue weighted by atomic mass is 35.5. The summed E-state index contributed by atoms with van der Waals surface area (Å²) in [5.74, 6) is 0. The molecular formula is C17H23ClN4O2. The molecule has 2 amide bonds. The molecule has 24 heavy (non-hydrogen) atoms. The number of hydrogen-bond donors (Lipinski definition) is 2. The predicted molar refractivity (Wildman–Crippen MR) is 95.9 cm³/mol. The standard InChI is InChI=1S/C17H23ClN4O2/c1-2-3-11-24-12-5-8-19-17(23)21-14-6-7-16(15(18)13-14)22-10-4-9-20-22/h4,6-7,9-10,13H,2-3,5,8,11-12H2,1H3,(H2,19,21,23). The Bertz CT molecular complexity index is 632. The van der Waals surface area contributed by atoms with E-state index in [0.717, 1.165) is 31.6 Å². The topological polar surface area (TPSA) is 68.2 Å². The van der Waals surface area contributed by atoms with E-state index in [1.54, 1.807) is 23.0 Å². The lowest BCUT2D eigenvalue weighted by molar-refractivity contribution is 0.129. The van der Waals surface area contributed by atoms with Crippen LogP contribution in [0.5, 0.6) is 0 Å². The smallest absolute Gasteiger partial charge is 0.319 e. The Morgan fingerprint density at radius 2 is 2.17 bits per heavy atom. The third-order valence-electron chi connectivity index (χ3n) is 3.35. The summed E-state index contributed by atoms with van der Waals surface area (Å²) >= 11 is 6.24. The number of ether oxygens (including phenoxy) is 1. The molecule has 2 rings (SSSR count). The Kier molecular flexibility index (Phi) is 7.58. The van der Waals surface area contributed by atoms with Crippen LogP contribution in [0.25, 0.3) is 5.69 Å². The van der Waals surface area contributed by atoms with Crippen molar-refractivity contribution in [1.82, 2.24) is 15.1 Å². The zero-order valence-corrected chi connectivity index (χ0v) is 14.6. The van der Waals surface area contributed by atoms with Gasteiger partial charge in [-0.05, 0) is 37.1 Å². The first-order valence-corrected chi connectivity index (χ1v) is 8.50. The van der Waals surface area contributed by atoms with Gasteiger partial charge >= 0.3 is 6.03 Å². The van der Waals surface area contributed by atoms with Gasteiger partial charge in [-0.3, -0.25) is 0 Å². The van der Waals surface area contributed by atoms with Crippen LogP contribution in [0.3, 0.4) is 0 Å². The maximum atomic E-state index is 11.8. The maximum Gasteiger partial charge on any atom is 0.319 e. The molecule has 0 saturated carbocycles. The van der Waals surface area contributed by atoms with Crippen LogP contribution in [0.4, 0.5) is 10.5 Å². The van der Waals surface area contributed by atoms with Crippen molar-refractivity contribution in [3.8, 4) is 5.69 Å². The number of rotatable bonds is 9. The van der Waals surface area contributed by atoms with Crippen molar-refractivity contribution < 1.29 is 9.53 Å². The number of amides is 2. The number of benzene rings is 1. The molecule has 0 aliphatic heterocycles. The zero-order chi connectivity index (χ0) is 17.2. The molecule has 1 heterocycles. The van der Waals surface area contributed by atoms with Crippen molar-refractivity contribution in [2.24, 2.45) is 0 Å². The van der Waals surface area contributed by atoms with Gasteiger partial charge in [0.1, 0.15) is 0 Å². The van der Waals surface area contributed by atoms with E-state index in [0.29, 0.717) is 23.9 Å². The van der Waals surface area contributed by atoms with Crippen molar-refractivity contribution in [3.05, 3.63) is 41.7 Å². The average Bonchev–Trinajstić information content (AvgIpc) is 3.08. The number of carbonyl (C=O) groups excluding carboxylic acids is 1. The van der Waals surface area contributed by atoms with Gasteiger partial charge in [0.05, 0.1) is 10.7 Å². The molecule has 6 nitrogen and oxygen atoms in total. The zero-order valence-electron chi connectivity index (χ0n) is 13.8. The molecule has 0 unspecified atom stereocenters. The van der Waals surface area contributed by atoms with E-state index in [1.807, 2.05) is 18.3 Å². The van der Waals surface area contributed by atoms with Gasteiger partial charge < -0.3 is 15.4 Å². The van der Waals surface area contributed by atoms with Crippen LogP contribution >= 0.6 is 11.6 Å². The van der Waals surface area contributed by atoms with Gasteiger partial charge in [-0.25, -0.2) is 9.48 Å². The highest BCUT2D eigenvalue weighted by Crippen LogP contribution is 2.23. The molecular weight excluding hydrogens is 328 g/mol. The highest BCUT2D eigenvalue weighted by Gasteiger charge is 2.06. The van der Waals surface area contributed by atoms with Crippen molar-refractivity contribution in [2.75, 3.05) is 25.1 Å². The molecule has 0 bridgehead atoms. The molecule has 1 aromatic heterocycles. The monoisotopic (exact) mass is 350 g/mol. The fourth-order valence-corrected chi connectivity index (χ4v) is 2.35. The lowest BCUT2D eigenvalue weighted by atomic mass is 10.3. The Labute approximate surface area is 147 Å². The minimum absolute atomic E-state index is 0.258. The van der Waals surface area contributed by atoms with E-state index < -0.39 is 0 Å². The molecule has 2 aromatic rings. The van der Waals surface area contributed by atoms with Gasteiger partial charge in [-0.15, -0.1) is 0 Å². The maximum absolute atomic E-state index is 11.8. The van der Waals surface area contributed by atoms with Crippen molar-refractivity contribution in [2.45, 2.75) is 26.2 Å². The normalized spacial score (nSPS) is 10.6. The second-order valence-electron chi connectivity index (χ2n) is 5.32. The Balaban J connectivity index is 1.73. The number of aromatic nitrogens is 2. The summed E-state index contributed by atoms with van der Waals surface area (Å²) in [6.07, 6.45) is 6.48. The number of carbonyl (C=O) groups is 1. The van der Waals surface area contributed by atoms with Crippen LogP contribution in [-0.4, -0.2) is 35.6 Å². The van der Waals surface area contributed by atoms with E-state index >= 15 is 0 Å². The van der Waals surface area contributed by atoms with Gasteiger partial charge in [0, 0.05) is 37.8 Å². The second-order valence-corrected chi connectivity index (χ2v) is 5.72. The molecule has 2 N–H and O–H groups in total.